The van der Waals surface area contributed by atoms with E-state index in [-0.39, 0.29) is 0 Å². The summed E-state index contributed by atoms with van der Waals surface area (Å²) in [5, 5.41) is 3.33. The van der Waals surface area contributed by atoms with Gasteiger partial charge in [0.1, 0.15) is 11.3 Å². The highest BCUT2D eigenvalue weighted by atomic mass is 35.5. The SMILES string of the molecule is COc1ccc(-c2[nH]c3c(Cl)cc(Cl)cc3c2CCCCN)c2ccc(C)nc12. The molecule has 6 heteroatoms. The molecule has 0 amide bonds. The van der Waals surface area contributed by atoms with Crippen LogP contribution in [0.1, 0.15) is 24.1 Å². The molecule has 4 rings (SSSR count). The summed E-state index contributed by atoms with van der Waals surface area (Å²) in [5.74, 6) is 0.759. The van der Waals surface area contributed by atoms with Crippen LogP contribution >= 0.6 is 23.2 Å². The van der Waals surface area contributed by atoms with Gasteiger partial charge < -0.3 is 15.5 Å². The molecule has 0 aliphatic rings. The Morgan fingerprint density at radius 2 is 1.90 bits per heavy atom. The number of nitrogens with one attached hydrogen (secondary N) is 1. The van der Waals surface area contributed by atoms with Crippen LogP contribution in [-0.2, 0) is 6.42 Å². The zero-order chi connectivity index (χ0) is 20.5. The summed E-state index contributed by atoms with van der Waals surface area (Å²) in [6.07, 6.45) is 2.84. The van der Waals surface area contributed by atoms with Crippen molar-refractivity contribution in [2.75, 3.05) is 13.7 Å². The van der Waals surface area contributed by atoms with E-state index in [0.717, 1.165) is 63.8 Å². The Hall–Kier alpha value is -2.27. The smallest absolute Gasteiger partial charge is 0.145 e. The number of fused-ring (bicyclic) bond motifs is 2. The minimum absolute atomic E-state index is 0.616. The number of nitrogens with two attached hydrogens (primary N) is 1. The van der Waals surface area contributed by atoms with Crippen molar-refractivity contribution in [2.24, 2.45) is 5.73 Å². The number of aromatic nitrogens is 2. The number of methoxy groups -OCH3 is 1. The second-order valence-electron chi connectivity index (χ2n) is 7.20. The Balaban J connectivity index is 2.00. The lowest BCUT2D eigenvalue weighted by atomic mass is 9.97. The Labute approximate surface area is 180 Å². The molecule has 0 saturated carbocycles. The van der Waals surface area contributed by atoms with Crippen LogP contribution in [0.4, 0.5) is 0 Å². The topological polar surface area (TPSA) is 63.9 Å². The molecule has 3 N–H and O–H groups in total. The number of ether oxygens (including phenoxy) is 1. The molecule has 2 aromatic carbocycles. The van der Waals surface area contributed by atoms with Crippen molar-refractivity contribution in [1.82, 2.24) is 9.97 Å². The molecule has 150 valence electrons. The number of unbranched alkanes of at least 4 members (excludes halogenated alkanes) is 1. The molecule has 0 saturated heterocycles. The third-order valence-electron chi connectivity index (χ3n) is 5.26. The average Bonchev–Trinajstić information content (AvgIpc) is 3.06. The van der Waals surface area contributed by atoms with E-state index in [1.165, 1.54) is 5.56 Å². The van der Waals surface area contributed by atoms with Crippen molar-refractivity contribution in [3.8, 4) is 17.0 Å². The summed E-state index contributed by atoms with van der Waals surface area (Å²) in [5.41, 5.74) is 11.7. The number of H-pyrrole nitrogens is 1. The van der Waals surface area contributed by atoms with Crippen LogP contribution in [0.2, 0.25) is 10.0 Å². The van der Waals surface area contributed by atoms with E-state index < -0.39 is 0 Å². The van der Waals surface area contributed by atoms with Gasteiger partial charge in [-0.05, 0) is 68.6 Å². The summed E-state index contributed by atoms with van der Waals surface area (Å²) < 4.78 is 5.55. The lowest BCUT2D eigenvalue weighted by Crippen LogP contribution is -1.99. The number of aryl methyl sites for hydroxylation is 2. The standard InChI is InChI=1S/C23H23Cl2N3O/c1-13-6-7-17-16(8-9-20(29-2)23(17)27-13)21-15(5-3-4-10-26)18-11-14(24)12-19(25)22(18)28-21/h6-9,11-12,28H,3-5,10,26H2,1-2H3. The summed E-state index contributed by atoms with van der Waals surface area (Å²) >= 11 is 12.8. The molecule has 2 heterocycles. The van der Waals surface area contributed by atoms with E-state index in [2.05, 4.69) is 17.1 Å². The highest BCUT2D eigenvalue weighted by Crippen LogP contribution is 2.40. The number of halogens is 2. The van der Waals surface area contributed by atoms with Gasteiger partial charge in [-0.2, -0.15) is 0 Å². The van der Waals surface area contributed by atoms with Crippen LogP contribution in [-0.4, -0.2) is 23.6 Å². The zero-order valence-corrected chi connectivity index (χ0v) is 18.0. The zero-order valence-electron chi connectivity index (χ0n) is 16.5. The molecule has 29 heavy (non-hydrogen) atoms. The quantitative estimate of drug-likeness (QED) is 0.355. The van der Waals surface area contributed by atoms with E-state index in [4.69, 9.17) is 38.7 Å². The van der Waals surface area contributed by atoms with E-state index >= 15 is 0 Å². The summed E-state index contributed by atoms with van der Waals surface area (Å²) in [4.78, 5) is 8.28. The number of benzene rings is 2. The minimum atomic E-state index is 0.616. The number of aromatic amines is 1. The number of nitrogens with zero attached hydrogens (tertiary/aromatic N) is 1. The summed E-state index contributed by atoms with van der Waals surface area (Å²) in [6, 6.07) is 11.9. The van der Waals surface area contributed by atoms with Gasteiger partial charge in [0.25, 0.3) is 0 Å². The second-order valence-corrected chi connectivity index (χ2v) is 8.04. The van der Waals surface area contributed by atoms with Crippen LogP contribution in [0.3, 0.4) is 0 Å². The van der Waals surface area contributed by atoms with Crippen molar-refractivity contribution in [3.63, 3.8) is 0 Å². The van der Waals surface area contributed by atoms with Crippen molar-refractivity contribution in [1.29, 1.82) is 0 Å². The first kappa shape index (κ1) is 20.0. The van der Waals surface area contributed by atoms with Crippen LogP contribution in [0, 0.1) is 6.92 Å². The van der Waals surface area contributed by atoms with Crippen molar-refractivity contribution < 1.29 is 4.74 Å². The fourth-order valence-electron chi connectivity index (χ4n) is 3.88. The molecule has 0 bridgehead atoms. The highest BCUT2D eigenvalue weighted by molar-refractivity contribution is 6.38. The monoisotopic (exact) mass is 427 g/mol. The minimum Gasteiger partial charge on any atom is -0.494 e. The molecule has 0 fully saturated rings. The summed E-state index contributed by atoms with van der Waals surface area (Å²) in [6.45, 7) is 2.66. The lowest BCUT2D eigenvalue weighted by Gasteiger charge is -2.12. The first-order chi connectivity index (χ1) is 14.0. The molecule has 0 aliphatic carbocycles. The molecule has 0 radical (unpaired) electrons. The van der Waals surface area contributed by atoms with Crippen molar-refractivity contribution >= 4 is 45.0 Å². The normalized spacial score (nSPS) is 11.5. The predicted molar refractivity (Wildman–Crippen MR) is 122 cm³/mol. The van der Waals surface area contributed by atoms with Crippen molar-refractivity contribution in [2.45, 2.75) is 26.2 Å². The largest absolute Gasteiger partial charge is 0.494 e. The van der Waals surface area contributed by atoms with E-state index in [0.29, 0.717) is 16.6 Å². The van der Waals surface area contributed by atoms with Crippen molar-refractivity contribution in [3.05, 3.63) is 57.7 Å². The predicted octanol–water partition coefficient (Wildman–Crippen LogP) is 6.29. The Morgan fingerprint density at radius 3 is 2.66 bits per heavy atom. The van der Waals surface area contributed by atoms with Gasteiger partial charge in [-0.3, -0.25) is 0 Å². The Bertz CT molecular complexity index is 1200. The van der Waals surface area contributed by atoms with Gasteiger partial charge in [0.2, 0.25) is 0 Å². The van der Waals surface area contributed by atoms with Gasteiger partial charge in [0.05, 0.1) is 23.3 Å². The van der Waals surface area contributed by atoms with Gasteiger partial charge in [0.15, 0.2) is 0 Å². The maximum absolute atomic E-state index is 6.52. The number of pyridine rings is 1. The molecule has 4 nitrogen and oxygen atoms in total. The Kier molecular flexibility index (Phi) is 5.68. The number of hydrogen-bond acceptors (Lipinski definition) is 3. The van der Waals surface area contributed by atoms with Crippen LogP contribution in [0.15, 0.2) is 36.4 Å². The van der Waals surface area contributed by atoms with E-state index in [1.54, 1.807) is 13.2 Å². The summed E-state index contributed by atoms with van der Waals surface area (Å²) in [7, 11) is 1.67. The van der Waals surface area contributed by atoms with Gasteiger partial charge >= 0.3 is 0 Å². The fraction of sp³-hybridized carbons (Fsp3) is 0.261. The van der Waals surface area contributed by atoms with Crippen LogP contribution < -0.4 is 10.5 Å². The van der Waals surface area contributed by atoms with E-state index in [9.17, 15) is 0 Å². The molecule has 0 unspecified atom stereocenters. The number of hydrogen-bond donors (Lipinski definition) is 2. The molecule has 0 spiro atoms. The second kappa shape index (κ2) is 8.23. The van der Waals surface area contributed by atoms with Crippen LogP contribution in [0.5, 0.6) is 5.75 Å². The third-order valence-corrected chi connectivity index (χ3v) is 5.78. The van der Waals surface area contributed by atoms with Gasteiger partial charge in [-0.15, -0.1) is 0 Å². The first-order valence-electron chi connectivity index (χ1n) is 9.68. The molecule has 4 aromatic rings. The van der Waals surface area contributed by atoms with Gasteiger partial charge in [-0.1, -0.05) is 29.3 Å². The molecule has 2 aromatic heterocycles. The third kappa shape index (κ3) is 3.68. The molecular weight excluding hydrogens is 405 g/mol. The molecule has 0 atom stereocenters. The van der Waals surface area contributed by atoms with Gasteiger partial charge in [-0.25, -0.2) is 4.98 Å². The molecular formula is C23H23Cl2N3O. The molecule has 0 aliphatic heterocycles. The fourth-order valence-corrected chi connectivity index (χ4v) is 4.42. The Morgan fingerprint density at radius 1 is 1.07 bits per heavy atom. The lowest BCUT2D eigenvalue weighted by molar-refractivity contribution is 0.419. The highest BCUT2D eigenvalue weighted by Gasteiger charge is 2.19. The number of rotatable bonds is 6. The van der Waals surface area contributed by atoms with Crippen LogP contribution in [0.25, 0.3) is 33.1 Å². The van der Waals surface area contributed by atoms with E-state index in [1.807, 2.05) is 25.1 Å². The maximum atomic E-state index is 6.52. The maximum Gasteiger partial charge on any atom is 0.145 e. The first-order valence-corrected chi connectivity index (χ1v) is 10.4. The van der Waals surface area contributed by atoms with Gasteiger partial charge in [0, 0.05) is 27.1 Å². The average molecular weight is 428 g/mol.